The molecule has 2 aromatic carbocycles. The number of carboxylic acids is 1. The predicted molar refractivity (Wildman–Crippen MR) is 127 cm³/mol. The van der Waals surface area contributed by atoms with Crippen LogP contribution in [-0.2, 0) is 32.0 Å². The number of rotatable bonds is 9. The molecule has 0 radical (unpaired) electrons. The number of hydrogen-bond donors (Lipinski definition) is 5. The van der Waals surface area contributed by atoms with E-state index in [-0.39, 0.29) is 19.6 Å². The molecule has 190 valence electrons. The lowest BCUT2D eigenvalue weighted by molar-refractivity contribution is -0.133. The van der Waals surface area contributed by atoms with E-state index in [0.717, 1.165) is 11.1 Å². The Hall–Kier alpha value is -3.66. The van der Waals surface area contributed by atoms with E-state index in [2.05, 4.69) is 11.9 Å². The highest BCUT2D eigenvalue weighted by Gasteiger charge is 2.42. The number of aliphatic carboxylic acids is 1. The number of nitrogens with one attached hydrogen (secondary N) is 2. The molecule has 0 bridgehead atoms. The van der Waals surface area contributed by atoms with Crippen LogP contribution in [0.5, 0.6) is 0 Å². The minimum atomic E-state index is -4.45. The zero-order chi connectivity index (χ0) is 26.5. The van der Waals surface area contributed by atoms with Gasteiger partial charge in [-0.1, -0.05) is 74.2 Å². The number of benzene rings is 2. The highest BCUT2D eigenvalue weighted by Crippen LogP contribution is 2.50. The van der Waals surface area contributed by atoms with Crippen molar-refractivity contribution in [3.63, 3.8) is 0 Å². The molecule has 0 aromatic heterocycles. The molecule has 0 aliphatic heterocycles. The maximum Gasteiger partial charge on any atom is 0.412 e. The lowest BCUT2D eigenvalue weighted by Gasteiger charge is -2.29. The van der Waals surface area contributed by atoms with Crippen LogP contribution in [0.25, 0.3) is 0 Å². The van der Waals surface area contributed by atoms with Gasteiger partial charge in [0.05, 0.1) is 0 Å². The Morgan fingerprint density at radius 3 is 1.71 bits per heavy atom. The van der Waals surface area contributed by atoms with Crippen molar-refractivity contribution in [2.45, 2.75) is 38.8 Å². The van der Waals surface area contributed by atoms with Gasteiger partial charge in [-0.25, -0.2) is 14.4 Å². The third-order valence-electron chi connectivity index (χ3n) is 4.64. The van der Waals surface area contributed by atoms with Crippen molar-refractivity contribution in [1.82, 2.24) is 10.6 Å². The second-order valence-corrected chi connectivity index (χ2v) is 9.40. The molecule has 1 atom stereocenters. The molecular formula is C23H29N2O9P. The van der Waals surface area contributed by atoms with Crippen LogP contribution in [0.15, 0.2) is 72.9 Å². The molecule has 0 saturated heterocycles. The third kappa shape index (κ3) is 10.9. The number of alkyl carbamates (subject to hydrolysis) is 2. The Bertz CT molecular complexity index is 1040. The summed E-state index contributed by atoms with van der Waals surface area (Å²) in [6.45, 7) is 6.14. The van der Waals surface area contributed by atoms with Crippen molar-refractivity contribution in [2.75, 3.05) is 0 Å². The van der Waals surface area contributed by atoms with Gasteiger partial charge >= 0.3 is 25.8 Å². The summed E-state index contributed by atoms with van der Waals surface area (Å²) in [5, 5.41) is 11.1. The Morgan fingerprint density at radius 2 is 1.34 bits per heavy atom. The van der Waals surface area contributed by atoms with Crippen LogP contribution in [0, 0.1) is 0 Å². The second-order valence-electron chi connectivity index (χ2n) is 7.33. The van der Waals surface area contributed by atoms with E-state index in [4.69, 9.17) is 14.6 Å². The van der Waals surface area contributed by atoms with Gasteiger partial charge in [0.15, 0.2) is 0 Å². The molecule has 5 N–H and O–H groups in total. The average molecular weight is 508 g/mol. The van der Waals surface area contributed by atoms with Crippen molar-refractivity contribution in [1.29, 1.82) is 0 Å². The fourth-order valence-corrected chi connectivity index (χ4v) is 2.93. The number of ether oxygens (including phenoxy) is 2. The van der Waals surface area contributed by atoms with Crippen molar-refractivity contribution in [3.05, 3.63) is 84.1 Å². The summed E-state index contributed by atoms with van der Waals surface area (Å²) in [6, 6.07) is 18.1. The Morgan fingerprint density at radius 1 is 0.914 bits per heavy atom. The third-order valence-corrected chi connectivity index (χ3v) is 6.35. The highest BCUT2D eigenvalue weighted by molar-refractivity contribution is 7.53. The number of amides is 2. The van der Waals surface area contributed by atoms with Gasteiger partial charge < -0.3 is 29.7 Å². The summed E-state index contributed by atoms with van der Waals surface area (Å²) in [7, 11) is -4.45. The van der Waals surface area contributed by atoms with Crippen molar-refractivity contribution in [3.8, 4) is 0 Å². The molecule has 2 aromatic rings. The molecule has 0 aliphatic carbocycles. The lowest BCUT2D eigenvalue weighted by Crippen LogP contribution is -2.45. The summed E-state index contributed by atoms with van der Waals surface area (Å²) in [5.41, 5.74) is 1.20. The topological polar surface area (TPSA) is 171 Å². The normalized spacial score (nSPS) is 12.1. The Kier molecular flexibility index (Phi) is 11.7. The molecule has 0 heterocycles. The van der Waals surface area contributed by atoms with E-state index >= 15 is 0 Å². The van der Waals surface area contributed by atoms with Gasteiger partial charge in [-0.05, 0) is 24.5 Å². The lowest BCUT2D eigenvalue weighted by atomic mass is 10.2. The molecule has 35 heavy (non-hydrogen) atoms. The molecular weight excluding hydrogens is 479 g/mol. The zero-order valence-corrected chi connectivity index (χ0v) is 20.2. The SMILES string of the molecule is C=C(NC(=O)OCc1ccccc1)C(=O)O.CC[C@](C)(NC(=O)OCc1ccccc1)P(=O)(O)O. The minimum absolute atomic E-state index is 0.0492. The molecule has 0 saturated carbocycles. The van der Waals surface area contributed by atoms with Gasteiger partial charge in [0, 0.05) is 0 Å². The zero-order valence-electron chi connectivity index (χ0n) is 19.3. The smallest absolute Gasteiger partial charge is 0.412 e. The molecule has 0 fully saturated rings. The largest absolute Gasteiger partial charge is 0.477 e. The summed E-state index contributed by atoms with van der Waals surface area (Å²) in [4.78, 5) is 51.4. The molecule has 0 unspecified atom stereocenters. The van der Waals surface area contributed by atoms with Gasteiger partial charge in [0.1, 0.15) is 24.2 Å². The number of carboxylic acid groups (broad SMARTS) is 1. The fourth-order valence-electron chi connectivity index (χ4n) is 2.28. The van der Waals surface area contributed by atoms with E-state index < -0.39 is 36.7 Å². The van der Waals surface area contributed by atoms with E-state index in [1.54, 1.807) is 31.2 Å². The monoisotopic (exact) mass is 508 g/mol. The van der Waals surface area contributed by atoms with Crippen LogP contribution < -0.4 is 10.6 Å². The summed E-state index contributed by atoms with van der Waals surface area (Å²) < 4.78 is 21.0. The first-order valence-electron chi connectivity index (χ1n) is 10.3. The van der Waals surface area contributed by atoms with E-state index in [1.165, 1.54) is 6.92 Å². The minimum Gasteiger partial charge on any atom is -0.477 e. The number of carbonyl (C=O) groups is 3. The van der Waals surface area contributed by atoms with Gasteiger partial charge in [0.25, 0.3) is 0 Å². The Labute approximate surface area is 202 Å². The molecule has 0 spiro atoms. The standard InChI is InChI=1S/C12H18NO5P.C11H11NO4/c1-3-12(2,19(15,16)17)13-11(14)18-9-10-7-5-4-6-8-10;1-8(10(13)14)12-11(15)16-7-9-5-3-2-4-6-9/h4-8H,3,9H2,1-2H3,(H,13,14)(H2,15,16,17);2-6H,1,7H2,(H,12,15)(H,13,14)/t12-;/m1./s1. The van der Waals surface area contributed by atoms with Gasteiger partial charge in [-0.3, -0.25) is 9.88 Å². The van der Waals surface area contributed by atoms with Gasteiger partial charge in [-0.15, -0.1) is 0 Å². The molecule has 11 nitrogen and oxygen atoms in total. The maximum atomic E-state index is 11.6. The highest BCUT2D eigenvalue weighted by atomic mass is 31.2. The Balaban J connectivity index is 0.000000355. The van der Waals surface area contributed by atoms with Crippen LogP contribution in [0.2, 0.25) is 0 Å². The number of carbonyl (C=O) groups excluding carboxylic acids is 2. The molecule has 0 aliphatic rings. The van der Waals surface area contributed by atoms with Crippen LogP contribution in [0.3, 0.4) is 0 Å². The molecule has 2 rings (SSSR count). The second kappa shape index (κ2) is 13.9. The van der Waals surface area contributed by atoms with Crippen LogP contribution in [-0.4, -0.2) is 38.3 Å². The van der Waals surface area contributed by atoms with Crippen LogP contribution in [0.4, 0.5) is 9.59 Å². The van der Waals surface area contributed by atoms with Crippen molar-refractivity contribution >= 4 is 25.8 Å². The average Bonchev–Trinajstić information content (AvgIpc) is 2.82. The molecule has 12 heteroatoms. The summed E-state index contributed by atoms with van der Waals surface area (Å²) >= 11 is 0. The van der Waals surface area contributed by atoms with Gasteiger partial charge in [-0.2, -0.15) is 0 Å². The quantitative estimate of drug-likeness (QED) is 0.250. The van der Waals surface area contributed by atoms with Crippen molar-refractivity contribution < 1.29 is 43.3 Å². The maximum absolute atomic E-state index is 11.6. The van der Waals surface area contributed by atoms with E-state index in [0.29, 0.717) is 0 Å². The predicted octanol–water partition coefficient (Wildman–Crippen LogP) is 3.73. The summed E-state index contributed by atoms with van der Waals surface area (Å²) in [5.74, 6) is -1.29. The first-order valence-corrected chi connectivity index (χ1v) is 11.9. The van der Waals surface area contributed by atoms with Crippen LogP contribution >= 0.6 is 7.60 Å². The van der Waals surface area contributed by atoms with Crippen LogP contribution in [0.1, 0.15) is 31.4 Å². The number of hydrogen-bond acceptors (Lipinski definition) is 6. The van der Waals surface area contributed by atoms with E-state index in [9.17, 15) is 28.7 Å². The van der Waals surface area contributed by atoms with Gasteiger partial charge in [0.2, 0.25) is 0 Å². The van der Waals surface area contributed by atoms with E-state index in [1.807, 2.05) is 41.7 Å². The molecule has 2 amide bonds. The fraction of sp³-hybridized carbons (Fsp3) is 0.261. The van der Waals surface area contributed by atoms with Crippen molar-refractivity contribution in [2.24, 2.45) is 0 Å². The first-order chi connectivity index (χ1) is 16.4. The first kappa shape index (κ1) is 29.4. The summed E-state index contributed by atoms with van der Waals surface area (Å²) in [6.07, 6.45) is -1.59.